The summed E-state index contributed by atoms with van der Waals surface area (Å²) in [5.41, 5.74) is 5.37. The van der Waals surface area contributed by atoms with Crippen LogP contribution in [0.1, 0.15) is 37.2 Å². The van der Waals surface area contributed by atoms with E-state index in [1.165, 1.54) is 23.4 Å². The molecule has 0 fully saturated rings. The van der Waals surface area contributed by atoms with Crippen LogP contribution in [0.25, 0.3) is 5.65 Å². The van der Waals surface area contributed by atoms with Gasteiger partial charge in [-0.1, -0.05) is 19.9 Å². The lowest BCUT2D eigenvalue weighted by Gasteiger charge is -2.14. The number of aromatic nitrogens is 2. The Kier molecular flexibility index (Phi) is 1.57. The van der Waals surface area contributed by atoms with Crippen molar-refractivity contribution in [1.82, 2.24) is 9.38 Å². The van der Waals surface area contributed by atoms with E-state index >= 15 is 0 Å². The standard InChI is InChI=1S/C13H16N2/c1-9-4-5-11-14-12-10(15(11)8-9)6-7-13(12,2)3/h4-5,8H,6-7H2,1-3H3. The second kappa shape index (κ2) is 2.63. The molecule has 0 N–H and O–H groups in total. The molecule has 0 aliphatic heterocycles. The molecule has 2 aromatic heterocycles. The quantitative estimate of drug-likeness (QED) is 0.639. The lowest BCUT2D eigenvalue weighted by atomic mass is 9.91. The van der Waals surface area contributed by atoms with Crippen molar-refractivity contribution in [3.63, 3.8) is 0 Å². The van der Waals surface area contributed by atoms with Crippen LogP contribution in [0.4, 0.5) is 0 Å². The number of imidazole rings is 1. The van der Waals surface area contributed by atoms with E-state index in [-0.39, 0.29) is 5.41 Å². The van der Waals surface area contributed by atoms with Gasteiger partial charge in [-0.25, -0.2) is 4.98 Å². The number of nitrogens with zero attached hydrogens (tertiary/aromatic N) is 2. The molecular formula is C13H16N2. The maximum Gasteiger partial charge on any atom is 0.137 e. The van der Waals surface area contributed by atoms with Crippen molar-refractivity contribution in [3.05, 3.63) is 35.3 Å². The number of hydrogen-bond donors (Lipinski definition) is 0. The molecule has 1 aliphatic carbocycles. The van der Waals surface area contributed by atoms with Crippen molar-refractivity contribution in [2.45, 2.75) is 39.0 Å². The molecule has 0 atom stereocenters. The molecule has 0 saturated carbocycles. The SMILES string of the molecule is Cc1ccc2nc3c(n2c1)CCC3(C)C. The molecule has 2 nitrogen and oxygen atoms in total. The van der Waals surface area contributed by atoms with Gasteiger partial charge in [0.15, 0.2) is 0 Å². The Morgan fingerprint density at radius 2 is 2.13 bits per heavy atom. The highest BCUT2D eigenvalue weighted by Crippen LogP contribution is 2.37. The van der Waals surface area contributed by atoms with Crippen molar-refractivity contribution in [3.8, 4) is 0 Å². The van der Waals surface area contributed by atoms with Crippen molar-refractivity contribution < 1.29 is 0 Å². The zero-order valence-electron chi connectivity index (χ0n) is 9.54. The highest BCUT2D eigenvalue weighted by molar-refractivity contribution is 5.48. The van der Waals surface area contributed by atoms with Crippen LogP contribution >= 0.6 is 0 Å². The van der Waals surface area contributed by atoms with E-state index in [1.807, 2.05) is 0 Å². The summed E-state index contributed by atoms with van der Waals surface area (Å²) in [7, 11) is 0. The number of rotatable bonds is 0. The third-order valence-electron chi connectivity index (χ3n) is 3.49. The molecule has 1 aliphatic rings. The molecule has 0 amide bonds. The highest BCUT2D eigenvalue weighted by atomic mass is 15.0. The van der Waals surface area contributed by atoms with Gasteiger partial charge in [-0.3, -0.25) is 0 Å². The monoisotopic (exact) mass is 200 g/mol. The van der Waals surface area contributed by atoms with Gasteiger partial charge in [0.2, 0.25) is 0 Å². The normalized spacial score (nSPS) is 18.3. The molecule has 0 saturated heterocycles. The molecule has 0 radical (unpaired) electrons. The van der Waals surface area contributed by atoms with E-state index in [2.05, 4.69) is 43.5 Å². The summed E-state index contributed by atoms with van der Waals surface area (Å²) in [5.74, 6) is 0. The van der Waals surface area contributed by atoms with E-state index in [9.17, 15) is 0 Å². The predicted molar refractivity (Wildman–Crippen MR) is 61.3 cm³/mol. The van der Waals surface area contributed by atoms with Crippen LogP contribution in [0.15, 0.2) is 18.3 Å². The summed E-state index contributed by atoms with van der Waals surface area (Å²) in [4.78, 5) is 4.75. The Hall–Kier alpha value is -1.31. The first-order chi connectivity index (χ1) is 7.08. The molecule has 0 spiro atoms. The Bertz CT molecular complexity index is 535. The molecule has 2 aromatic rings. The number of aryl methyl sites for hydroxylation is 2. The average molecular weight is 200 g/mol. The van der Waals surface area contributed by atoms with Gasteiger partial charge < -0.3 is 4.40 Å². The third-order valence-corrected chi connectivity index (χ3v) is 3.49. The summed E-state index contributed by atoms with van der Waals surface area (Å²) in [6, 6.07) is 4.24. The highest BCUT2D eigenvalue weighted by Gasteiger charge is 2.34. The van der Waals surface area contributed by atoms with Crippen LogP contribution in [-0.2, 0) is 11.8 Å². The third kappa shape index (κ3) is 1.14. The molecule has 78 valence electrons. The maximum absolute atomic E-state index is 4.75. The molecule has 0 aromatic carbocycles. The molecule has 2 heterocycles. The van der Waals surface area contributed by atoms with Crippen LogP contribution in [0, 0.1) is 6.92 Å². The van der Waals surface area contributed by atoms with E-state index in [4.69, 9.17) is 4.98 Å². The topological polar surface area (TPSA) is 17.3 Å². The van der Waals surface area contributed by atoms with Gasteiger partial charge in [0.05, 0.1) is 5.69 Å². The molecule has 15 heavy (non-hydrogen) atoms. The fourth-order valence-corrected chi connectivity index (χ4v) is 2.53. The minimum Gasteiger partial charge on any atom is -0.304 e. The van der Waals surface area contributed by atoms with Gasteiger partial charge in [-0.05, 0) is 31.4 Å². The maximum atomic E-state index is 4.75. The van der Waals surface area contributed by atoms with Crippen LogP contribution in [-0.4, -0.2) is 9.38 Å². The minimum atomic E-state index is 0.259. The zero-order chi connectivity index (χ0) is 10.6. The lowest BCUT2D eigenvalue weighted by Crippen LogP contribution is -2.12. The van der Waals surface area contributed by atoms with Crippen molar-refractivity contribution in [2.75, 3.05) is 0 Å². The second-order valence-electron chi connectivity index (χ2n) is 5.23. The van der Waals surface area contributed by atoms with Crippen LogP contribution in [0.5, 0.6) is 0 Å². The van der Waals surface area contributed by atoms with Gasteiger partial charge >= 0.3 is 0 Å². The Balaban J connectivity index is 2.36. The van der Waals surface area contributed by atoms with Gasteiger partial charge in [0.1, 0.15) is 5.65 Å². The fraction of sp³-hybridized carbons (Fsp3) is 0.462. The van der Waals surface area contributed by atoms with E-state index < -0.39 is 0 Å². The molecular weight excluding hydrogens is 184 g/mol. The van der Waals surface area contributed by atoms with Crippen molar-refractivity contribution in [2.24, 2.45) is 0 Å². The molecule has 3 rings (SSSR count). The van der Waals surface area contributed by atoms with Crippen LogP contribution in [0.2, 0.25) is 0 Å². The zero-order valence-corrected chi connectivity index (χ0v) is 9.54. The Morgan fingerprint density at radius 1 is 1.33 bits per heavy atom. The minimum absolute atomic E-state index is 0.259. The van der Waals surface area contributed by atoms with Gasteiger partial charge in [-0.15, -0.1) is 0 Å². The summed E-state index contributed by atoms with van der Waals surface area (Å²) >= 11 is 0. The number of pyridine rings is 1. The number of hydrogen-bond acceptors (Lipinski definition) is 1. The Morgan fingerprint density at radius 3 is 2.93 bits per heavy atom. The summed E-state index contributed by atoms with van der Waals surface area (Å²) in [5, 5.41) is 0. The van der Waals surface area contributed by atoms with E-state index in [1.54, 1.807) is 0 Å². The largest absolute Gasteiger partial charge is 0.304 e. The first kappa shape index (κ1) is 8.96. The van der Waals surface area contributed by atoms with Crippen molar-refractivity contribution in [1.29, 1.82) is 0 Å². The summed E-state index contributed by atoms with van der Waals surface area (Å²) in [6.07, 6.45) is 4.58. The van der Waals surface area contributed by atoms with E-state index in [0.29, 0.717) is 0 Å². The molecule has 2 heteroatoms. The van der Waals surface area contributed by atoms with Crippen LogP contribution in [0.3, 0.4) is 0 Å². The molecule has 0 unspecified atom stereocenters. The predicted octanol–water partition coefficient (Wildman–Crippen LogP) is 2.87. The van der Waals surface area contributed by atoms with Crippen LogP contribution < -0.4 is 0 Å². The Labute approximate surface area is 90.0 Å². The average Bonchev–Trinajstić information content (AvgIpc) is 2.66. The smallest absolute Gasteiger partial charge is 0.137 e. The van der Waals surface area contributed by atoms with Crippen molar-refractivity contribution >= 4 is 5.65 Å². The number of fused-ring (bicyclic) bond motifs is 3. The fourth-order valence-electron chi connectivity index (χ4n) is 2.53. The molecule has 0 bridgehead atoms. The first-order valence-corrected chi connectivity index (χ1v) is 5.56. The summed E-state index contributed by atoms with van der Waals surface area (Å²) < 4.78 is 2.26. The van der Waals surface area contributed by atoms with Gasteiger partial charge in [0.25, 0.3) is 0 Å². The summed E-state index contributed by atoms with van der Waals surface area (Å²) in [6.45, 7) is 6.71. The second-order valence-corrected chi connectivity index (χ2v) is 5.23. The first-order valence-electron chi connectivity index (χ1n) is 5.56. The van der Waals surface area contributed by atoms with E-state index in [0.717, 1.165) is 12.1 Å². The van der Waals surface area contributed by atoms with Gasteiger partial charge in [-0.2, -0.15) is 0 Å². The van der Waals surface area contributed by atoms with Gasteiger partial charge in [0, 0.05) is 17.3 Å². The lowest BCUT2D eigenvalue weighted by molar-refractivity contribution is 0.510.